The molecule has 0 aromatic rings. The molecule has 20 heteroatoms. The Morgan fingerprint density at radius 1 is 0.609 bits per heavy atom. The molecule has 0 atom stereocenters. The van der Waals surface area contributed by atoms with Gasteiger partial charge in [0.05, 0.1) is 5.08 Å². The molecule has 0 aliphatic rings. The van der Waals surface area contributed by atoms with Gasteiger partial charge in [0.25, 0.3) is 0 Å². The van der Waals surface area contributed by atoms with Crippen LogP contribution in [0.25, 0.3) is 0 Å². The maximum atomic E-state index is 9.81. The van der Waals surface area contributed by atoms with Crippen LogP contribution in [0.2, 0.25) is 0 Å². The summed E-state index contributed by atoms with van der Waals surface area (Å²) in [4.78, 5) is 0. The number of rotatable bonds is 4. The molecule has 0 spiro atoms. The summed E-state index contributed by atoms with van der Waals surface area (Å²) >= 11 is 10.0. The predicted molar refractivity (Wildman–Crippen MR) is 98.9 cm³/mol. The van der Waals surface area contributed by atoms with E-state index in [0.717, 1.165) is 0 Å². The van der Waals surface area contributed by atoms with Crippen molar-refractivity contribution in [3.05, 3.63) is 0 Å². The third-order valence-electron chi connectivity index (χ3n) is 0.385. The quantitative estimate of drug-likeness (QED) is 0.127. The first-order chi connectivity index (χ1) is 8.71. The summed E-state index contributed by atoms with van der Waals surface area (Å²) in [6.45, 7) is 0. The molecule has 0 saturated heterocycles. The van der Waals surface area contributed by atoms with Crippen molar-refractivity contribution in [2.24, 2.45) is 0 Å². The van der Waals surface area contributed by atoms with E-state index >= 15 is 0 Å². The Hall–Kier alpha value is 16.9. The van der Waals surface area contributed by atoms with E-state index in [4.69, 9.17) is 0 Å². The zero-order valence-electron chi connectivity index (χ0n) is 14.8. The van der Waals surface area contributed by atoms with E-state index < -0.39 is 23.4 Å². The van der Waals surface area contributed by atoms with Gasteiger partial charge < -0.3 is 9.11 Å². The summed E-state index contributed by atoms with van der Waals surface area (Å²) in [5.41, 5.74) is 0. The van der Waals surface area contributed by atoms with Gasteiger partial charge in [-0.15, -0.1) is 0 Å². The van der Waals surface area contributed by atoms with E-state index in [1.165, 1.54) is 253 Å². The molecule has 0 aliphatic heterocycles. The van der Waals surface area contributed by atoms with Crippen LogP contribution in [0.15, 0.2) is 0 Å². The summed E-state index contributed by atoms with van der Waals surface area (Å²) in [7, 11) is -9.29. The SMILES string of the molecule is C.C.O=S(=O)([O-])SCSS(=O)(=O)[O-].[K+].[K+].[K][K].[K][K].[K][K].[K][K]. The van der Waals surface area contributed by atoms with E-state index in [1.54, 1.807) is 0 Å². The maximum absolute atomic E-state index is 9.81. The topological polar surface area (TPSA) is 114 Å². The van der Waals surface area contributed by atoms with E-state index in [9.17, 15) is 25.9 Å². The molecular formula is C3H10K10O6S4. The molecular weight excluding hydrogens is 651 g/mol. The molecule has 6 nitrogen and oxygen atoms in total. The van der Waals surface area contributed by atoms with Crippen LogP contribution in [-0.2, 0) is 18.3 Å². The Kier molecular flexibility index (Phi) is 151. The van der Waals surface area contributed by atoms with Crippen LogP contribution in [0.1, 0.15) is 14.9 Å². The molecule has 0 bridgehead atoms. The standard InChI is InChI=1S/CH4O6S4.2CH4.10K/c2-10(3,4)8-1-9-11(5,6)7;;;;;;;;;;;;/h1H2,(H,2,3,4)(H,5,6,7);2*1H4;;;;;;;;;;/q;;;;;;;;;;;2*+1/p-2. The molecule has 0 saturated carbocycles. The van der Waals surface area contributed by atoms with E-state index in [1.807, 2.05) is 0 Å². The third kappa shape index (κ3) is 85.4. The molecule has 0 radical (unpaired) electrons. The number of hydrogen-bond acceptors (Lipinski definition) is 8. The van der Waals surface area contributed by atoms with Gasteiger partial charge in [-0.3, -0.25) is 0 Å². The number of hydrogen-bond donors (Lipinski definition) is 0. The van der Waals surface area contributed by atoms with Gasteiger partial charge in [0.2, 0.25) is 0 Å². The van der Waals surface area contributed by atoms with Crippen molar-refractivity contribution in [3.8, 4) is 0 Å². The fourth-order valence-corrected chi connectivity index (χ4v) is 4.77. The van der Waals surface area contributed by atoms with Crippen LogP contribution in [0.3, 0.4) is 0 Å². The summed E-state index contributed by atoms with van der Waals surface area (Å²) < 4.78 is 58.9. The molecule has 0 aliphatic carbocycles. The van der Waals surface area contributed by atoms with Crippen molar-refractivity contribution in [1.29, 1.82) is 0 Å². The van der Waals surface area contributed by atoms with Gasteiger partial charge >= 0.3 is 355 Å². The first-order valence-electron chi connectivity index (χ1n) is 5.91. The van der Waals surface area contributed by atoms with Gasteiger partial charge in [-0.05, 0) is 21.6 Å². The Bertz CT molecular complexity index is 291. The van der Waals surface area contributed by atoms with Gasteiger partial charge in [0, 0.05) is 0 Å². The molecule has 0 amide bonds. The Morgan fingerprint density at radius 3 is 0.826 bits per heavy atom. The third-order valence-corrected chi connectivity index (χ3v) is 5.20. The molecule has 23 heavy (non-hydrogen) atoms. The zero-order valence-corrected chi connectivity index (χ0v) is 49.3. The second-order valence-corrected chi connectivity index (χ2v) is 8.08. The summed E-state index contributed by atoms with van der Waals surface area (Å²) in [6.07, 6.45) is 0. The Morgan fingerprint density at radius 2 is 0.739 bits per heavy atom. The van der Waals surface area contributed by atoms with Crippen molar-refractivity contribution >= 4 is 293 Å². The molecule has 92 valence electrons. The molecule has 0 fully saturated rings. The minimum absolute atomic E-state index is 0. The monoisotopic (exact) mass is 660 g/mol. The average molecular weight is 661 g/mol. The van der Waals surface area contributed by atoms with Crippen LogP contribution in [0.5, 0.6) is 0 Å². The minimum atomic E-state index is -4.50. The summed E-state index contributed by atoms with van der Waals surface area (Å²) in [6, 6.07) is 0. The van der Waals surface area contributed by atoms with Crippen LogP contribution < -0.4 is 103 Å². The molecule has 0 aromatic carbocycles. The van der Waals surface area contributed by atoms with Gasteiger partial charge in [0.1, 0.15) is 18.3 Å². The van der Waals surface area contributed by atoms with E-state index in [0.29, 0.717) is 0 Å². The zero-order chi connectivity index (χ0) is 17.1. The molecule has 0 unspecified atom stereocenters. The van der Waals surface area contributed by atoms with Crippen LogP contribution in [-0.4, -0.2) is 284 Å². The van der Waals surface area contributed by atoms with Crippen LogP contribution >= 0.6 is 21.6 Å². The predicted octanol–water partition coefficient (Wildman–Crippen LogP) is -8.44. The molecule has 0 rings (SSSR count). The van der Waals surface area contributed by atoms with Gasteiger partial charge in [-0.2, -0.15) is 0 Å². The van der Waals surface area contributed by atoms with Crippen LogP contribution in [0, 0.1) is 0 Å². The van der Waals surface area contributed by atoms with Crippen LogP contribution in [0.4, 0.5) is 0 Å². The Balaban J connectivity index is -0.0000000205. The van der Waals surface area contributed by atoms with Crippen molar-refractivity contribution in [2.75, 3.05) is 5.08 Å². The molecule has 0 heterocycles. The van der Waals surface area contributed by atoms with E-state index in [-0.39, 0.29) is 139 Å². The second kappa shape index (κ2) is 54.9. The second-order valence-electron chi connectivity index (χ2n) is 1.17. The molecule has 0 N–H and O–H groups in total. The van der Waals surface area contributed by atoms with Gasteiger partial charge in [0.15, 0.2) is 0 Å². The first-order valence-corrected chi connectivity index (χ1v) is 75.7. The normalized spacial score (nSPS) is 7.74. The van der Waals surface area contributed by atoms with Crippen molar-refractivity contribution in [1.82, 2.24) is 0 Å². The summed E-state index contributed by atoms with van der Waals surface area (Å²) in [5, 5.41) is -0.600. The Labute approximate surface area is 417 Å². The first kappa shape index (κ1) is 63.2. The van der Waals surface area contributed by atoms with Crippen molar-refractivity contribution in [3.63, 3.8) is 0 Å². The van der Waals surface area contributed by atoms with Crippen molar-refractivity contribution < 1.29 is 129 Å². The van der Waals surface area contributed by atoms with Gasteiger partial charge in [-0.25, -0.2) is 16.8 Å². The van der Waals surface area contributed by atoms with Crippen molar-refractivity contribution in [2.45, 2.75) is 14.9 Å². The summed E-state index contributed by atoms with van der Waals surface area (Å²) in [5.74, 6) is 0. The fraction of sp³-hybridized carbons (Fsp3) is 1.00. The average Bonchev–Trinajstić information content (AvgIpc) is 2.36. The van der Waals surface area contributed by atoms with E-state index in [2.05, 4.69) is 0 Å². The molecule has 0 aromatic heterocycles. The fourth-order valence-electron chi connectivity index (χ4n) is 0.137. The van der Waals surface area contributed by atoms with Gasteiger partial charge in [-0.1, -0.05) is 14.9 Å².